The van der Waals surface area contributed by atoms with Gasteiger partial charge in [0.2, 0.25) is 0 Å². The van der Waals surface area contributed by atoms with E-state index in [1.54, 1.807) is 0 Å². The van der Waals surface area contributed by atoms with Crippen LogP contribution in [0.25, 0.3) is 0 Å². The van der Waals surface area contributed by atoms with Crippen molar-refractivity contribution in [3.05, 3.63) is 22.2 Å². The average molecular weight is 272 g/mol. The molecule has 0 amide bonds. The first-order valence-corrected chi connectivity index (χ1v) is 5.92. The van der Waals surface area contributed by atoms with Gasteiger partial charge in [0.25, 0.3) is 0 Å². The van der Waals surface area contributed by atoms with E-state index < -0.39 is 0 Å². The fourth-order valence-corrected chi connectivity index (χ4v) is 2.45. The molecule has 1 aliphatic heterocycles. The number of hydrogen-bond donors (Lipinski definition) is 3. The number of hydrogen-bond acceptors (Lipinski definition) is 3. The topological polar surface area (TPSA) is 52.5 Å². The summed E-state index contributed by atoms with van der Waals surface area (Å²) >= 11 is 3.31. The van der Waals surface area contributed by atoms with Crippen LogP contribution in [-0.2, 0) is 0 Å². The lowest BCUT2D eigenvalue weighted by molar-refractivity contribution is 0.369. The zero-order valence-electron chi connectivity index (χ0n) is 8.33. The molecule has 2 rings (SSSR count). The van der Waals surface area contributed by atoms with E-state index in [4.69, 9.17) is 0 Å². The molecule has 1 saturated heterocycles. The quantitative estimate of drug-likeness (QED) is 0.689. The second kappa shape index (κ2) is 4.41. The summed E-state index contributed by atoms with van der Waals surface area (Å²) in [5, 5.41) is 22.6. The summed E-state index contributed by atoms with van der Waals surface area (Å²) in [6, 6.07) is 3.52. The van der Waals surface area contributed by atoms with E-state index in [1.165, 1.54) is 12.5 Å². The molecule has 0 bridgehead atoms. The molecule has 1 aromatic carbocycles. The average Bonchev–Trinajstić information content (AvgIpc) is 2.24. The molecule has 1 aromatic rings. The lowest BCUT2D eigenvalue weighted by atomic mass is 9.96. The monoisotopic (exact) mass is 271 g/mol. The number of benzene rings is 1. The molecular weight excluding hydrogens is 258 g/mol. The molecule has 3 nitrogen and oxygen atoms in total. The second-order valence-electron chi connectivity index (χ2n) is 3.87. The summed E-state index contributed by atoms with van der Waals surface area (Å²) in [6.45, 7) is 0.970. The van der Waals surface area contributed by atoms with E-state index in [1.807, 2.05) is 6.07 Å². The minimum Gasteiger partial charge on any atom is -0.504 e. The predicted molar refractivity (Wildman–Crippen MR) is 62.1 cm³/mol. The van der Waals surface area contributed by atoms with Crippen molar-refractivity contribution in [2.45, 2.75) is 25.3 Å². The Labute approximate surface area is 97.3 Å². The highest BCUT2D eigenvalue weighted by molar-refractivity contribution is 9.10. The van der Waals surface area contributed by atoms with Crippen molar-refractivity contribution < 1.29 is 10.2 Å². The van der Waals surface area contributed by atoms with Crippen molar-refractivity contribution in [3.63, 3.8) is 0 Å². The van der Waals surface area contributed by atoms with Crippen molar-refractivity contribution in [1.29, 1.82) is 0 Å². The standard InChI is InChI=1S/C11H14BrNO2/c12-7-5-8(11(15)10(14)6-7)9-3-1-2-4-13-9/h5-6,9,13-15H,1-4H2. The van der Waals surface area contributed by atoms with Crippen LogP contribution in [0.15, 0.2) is 16.6 Å². The third-order valence-electron chi connectivity index (χ3n) is 2.77. The number of halogens is 1. The van der Waals surface area contributed by atoms with Gasteiger partial charge >= 0.3 is 0 Å². The van der Waals surface area contributed by atoms with Gasteiger partial charge in [-0.2, -0.15) is 0 Å². The van der Waals surface area contributed by atoms with Crippen molar-refractivity contribution in [3.8, 4) is 11.5 Å². The van der Waals surface area contributed by atoms with E-state index in [-0.39, 0.29) is 17.5 Å². The summed E-state index contributed by atoms with van der Waals surface area (Å²) in [5.41, 5.74) is 0.779. The van der Waals surface area contributed by atoms with Crippen LogP contribution < -0.4 is 5.32 Å². The van der Waals surface area contributed by atoms with Gasteiger partial charge in [-0.15, -0.1) is 0 Å². The lowest BCUT2D eigenvalue weighted by Crippen LogP contribution is -2.26. The Morgan fingerprint density at radius 3 is 2.73 bits per heavy atom. The zero-order chi connectivity index (χ0) is 10.8. The highest BCUT2D eigenvalue weighted by Gasteiger charge is 2.20. The lowest BCUT2D eigenvalue weighted by Gasteiger charge is -2.24. The van der Waals surface area contributed by atoms with Crippen molar-refractivity contribution in [2.75, 3.05) is 6.54 Å². The van der Waals surface area contributed by atoms with Gasteiger partial charge in [-0.05, 0) is 31.5 Å². The number of phenolic OH excluding ortho intramolecular Hbond substituents is 2. The van der Waals surface area contributed by atoms with Crippen molar-refractivity contribution in [1.82, 2.24) is 5.32 Å². The molecule has 0 saturated carbocycles. The van der Waals surface area contributed by atoms with Gasteiger partial charge in [0.15, 0.2) is 11.5 Å². The predicted octanol–water partition coefficient (Wildman–Crippen LogP) is 2.67. The van der Waals surface area contributed by atoms with E-state index in [0.717, 1.165) is 29.4 Å². The van der Waals surface area contributed by atoms with Gasteiger partial charge in [0.1, 0.15) is 0 Å². The van der Waals surface area contributed by atoms with E-state index in [2.05, 4.69) is 21.2 Å². The Morgan fingerprint density at radius 1 is 1.27 bits per heavy atom. The van der Waals surface area contributed by atoms with Gasteiger partial charge < -0.3 is 15.5 Å². The van der Waals surface area contributed by atoms with Crippen molar-refractivity contribution >= 4 is 15.9 Å². The molecule has 3 N–H and O–H groups in total. The molecule has 1 atom stereocenters. The fourth-order valence-electron chi connectivity index (χ4n) is 1.99. The molecule has 4 heteroatoms. The summed E-state index contributed by atoms with van der Waals surface area (Å²) in [6.07, 6.45) is 3.34. The summed E-state index contributed by atoms with van der Waals surface area (Å²) in [4.78, 5) is 0. The molecule has 1 fully saturated rings. The highest BCUT2D eigenvalue weighted by atomic mass is 79.9. The van der Waals surface area contributed by atoms with Crippen LogP contribution in [-0.4, -0.2) is 16.8 Å². The summed E-state index contributed by atoms with van der Waals surface area (Å²) in [7, 11) is 0. The third kappa shape index (κ3) is 2.26. The molecule has 0 spiro atoms. The molecule has 1 aliphatic rings. The maximum absolute atomic E-state index is 9.76. The maximum Gasteiger partial charge on any atom is 0.162 e. The van der Waals surface area contributed by atoms with Crippen molar-refractivity contribution in [2.24, 2.45) is 0 Å². The van der Waals surface area contributed by atoms with Crippen LogP contribution in [0.1, 0.15) is 30.9 Å². The summed E-state index contributed by atoms with van der Waals surface area (Å²) < 4.78 is 0.792. The third-order valence-corrected chi connectivity index (χ3v) is 3.23. The van der Waals surface area contributed by atoms with E-state index in [0.29, 0.717) is 0 Å². The molecule has 1 heterocycles. The Bertz CT molecular complexity index is 362. The van der Waals surface area contributed by atoms with Crippen LogP contribution in [0.5, 0.6) is 11.5 Å². The number of piperidine rings is 1. The number of nitrogens with one attached hydrogen (secondary N) is 1. The van der Waals surface area contributed by atoms with Gasteiger partial charge in [-0.1, -0.05) is 22.4 Å². The number of rotatable bonds is 1. The Hall–Kier alpha value is -0.740. The maximum atomic E-state index is 9.76. The van der Waals surface area contributed by atoms with Crippen LogP contribution in [0.2, 0.25) is 0 Å². The normalized spacial score (nSPS) is 21.5. The first-order chi connectivity index (χ1) is 7.18. The van der Waals surface area contributed by atoms with Crippen LogP contribution >= 0.6 is 15.9 Å². The van der Waals surface area contributed by atoms with Gasteiger partial charge in [-0.3, -0.25) is 0 Å². The molecule has 82 valence electrons. The largest absolute Gasteiger partial charge is 0.504 e. The highest BCUT2D eigenvalue weighted by Crippen LogP contribution is 2.38. The smallest absolute Gasteiger partial charge is 0.162 e. The van der Waals surface area contributed by atoms with Gasteiger partial charge in [-0.25, -0.2) is 0 Å². The first-order valence-electron chi connectivity index (χ1n) is 5.13. The molecule has 0 aromatic heterocycles. The summed E-state index contributed by atoms with van der Waals surface area (Å²) in [5.74, 6) is -0.0654. The van der Waals surface area contributed by atoms with Crippen LogP contribution in [0.3, 0.4) is 0 Å². The zero-order valence-corrected chi connectivity index (χ0v) is 9.92. The molecule has 1 unspecified atom stereocenters. The van der Waals surface area contributed by atoms with Crippen LogP contribution in [0, 0.1) is 0 Å². The Kier molecular flexibility index (Phi) is 3.17. The molecule has 0 radical (unpaired) electrons. The molecule has 15 heavy (non-hydrogen) atoms. The Balaban J connectivity index is 2.33. The fraction of sp³-hybridized carbons (Fsp3) is 0.455. The first kappa shape index (κ1) is 10.8. The Morgan fingerprint density at radius 2 is 2.07 bits per heavy atom. The minimum atomic E-state index is -0.0632. The second-order valence-corrected chi connectivity index (χ2v) is 4.78. The van der Waals surface area contributed by atoms with Gasteiger partial charge in [0.05, 0.1) is 0 Å². The number of phenols is 2. The van der Waals surface area contributed by atoms with E-state index in [9.17, 15) is 10.2 Å². The SMILES string of the molecule is Oc1cc(Br)cc(C2CCCCN2)c1O. The minimum absolute atomic E-state index is 0.00222. The molecular formula is C11H14BrNO2. The molecule has 0 aliphatic carbocycles. The number of aromatic hydroxyl groups is 2. The van der Waals surface area contributed by atoms with Gasteiger partial charge in [0, 0.05) is 16.1 Å². The van der Waals surface area contributed by atoms with E-state index >= 15 is 0 Å². The van der Waals surface area contributed by atoms with Crippen LogP contribution in [0.4, 0.5) is 0 Å².